The number of rotatable bonds is 7. The topological polar surface area (TPSA) is 56.1 Å². The van der Waals surface area contributed by atoms with E-state index in [1.807, 2.05) is 13.0 Å². The average Bonchev–Trinajstić information content (AvgIpc) is 2.24. The highest BCUT2D eigenvalue weighted by molar-refractivity contribution is 5.80. The van der Waals surface area contributed by atoms with E-state index < -0.39 is 5.92 Å². The fourth-order valence-corrected chi connectivity index (χ4v) is 1.88. The van der Waals surface area contributed by atoms with Crippen LogP contribution in [0.25, 0.3) is 0 Å². The predicted octanol–water partition coefficient (Wildman–Crippen LogP) is 1.77. The fraction of sp³-hybridized carbons (Fsp3) is 0.846. The summed E-state index contributed by atoms with van der Waals surface area (Å²) in [5.41, 5.74) is 0. The monoisotopic (exact) mass is 239 g/mol. The number of carbonyl (C=O) groups excluding carboxylic acids is 1. The first-order valence-electron chi connectivity index (χ1n) is 6.37. The Bertz CT molecular complexity index is 260. The molecule has 0 spiro atoms. The van der Waals surface area contributed by atoms with E-state index in [1.165, 1.54) is 0 Å². The molecule has 0 fully saturated rings. The number of nitrogens with one attached hydrogen (secondary N) is 1. The van der Waals surface area contributed by atoms with Crippen LogP contribution in [0.4, 0.5) is 0 Å². The second kappa shape index (κ2) is 8.08. The second-order valence-electron chi connectivity index (χ2n) is 4.81. The fourth-order valence-electron chi connectivity index (χ4n) is 1.88. The van der Waals surface area contributed by atoms with Crippen LogP contribution >= 0.6 is 0 Å². The third kappa shape index (κ3) is 5.69. The molecule has 0 bridgehead atoms. The third-order valence-electron chi connectivity index (χ3n) is 2.88. The first-order valence-corrected chi connectivity index (χ1v) is 6.37. The van der Waals surface area contributed by atoms with Gasteiger partial charge in [-0.3, -0.25) is 9.69 Å². The molecule has 0 aromatic heterocycles. The standard InChI is InChI=1S/C13H25N3O/c1-6-12(9-14)13(17)15-7-8-16(10(2)3)11(4)5/h10-12H,6-8H2,1-5H3,(H,15,17). The van der Waals surface area contributed by atoms with Crippen molar-refractivity contribution in [3.05, 3.63) is 0 Å². The van der Waals surface area contributed by atoms with Crippen LogP contribution < -0.4 is 5.32 Å². The van der Waals surface area contributed by atoms with E-state index in [-0.39, 0.29) is 5.91 Å². The molecular weight excluding hydrogens is 214 g/mol. The van der Waals surface area contributed by atoms with Crippen LogP contribution in [0.2, 0.25) is 0 Å². The van der Waals surface area contributed by atoms with E-state index in [0.717, 1.165) is 6.54 Å². The van der Waals surface area contributed by atoms with Crippen molar-refractivity contribution >= 4 is 5.91 Å². The number of hydrogen-bond donors (Lipinski definition) is 1. The van der Waals surface area contributed by atoms with E-state index in [0.29, 0.717) is 25.0 Å². The van der Waals surface area contributed by atoms with Crippen molar-refractivity contribution in [2.45, 2.75) is 53.1 Å². The smallest absolute Gasteiger partial charge is 0.237 e. The first-order chi connectivity index (χ1) is 7.93. The SMILES string of the molecule is CCC(C#N)C(=O)NCCN(C(C)C)C(C)C. The van der Waals surface area contributed by atoms with Gasteiger partial charge in [0.05, 0.1) is 6.07 Å². The van der Waals surface area contributed by atoms with Crippen LogP contribution in [0.1, 0.15) is 41.0 Å². The largest absolute Gasteiger partial charge is 0.354 e. The van der Waals surface area contributed by atoms with Gasteiger partial charge in [0.25, 0.3) is 0 Å². The molecule has 0 saturated heterocycles. The molecule has 0 heterocycles. The molecule has 0 aromatic rings. The van der Waals surface area contributed by atoms with Crippen molar-refractivity contribution in [3.63, 3.8) is 0 Å². The summed E-state index contributed by atoms with van der Waals surface area (Å²) in [7, 11) is 0. The quantitative estimate of drug-likeness (QED) is 0.736. The summed E-state index contributed by atoms with van der Waals surface area (Å²) in [5, 5.41) is 11.6. The number of hydrogen-bond acceptors (Lipinski definition) is 3. The molecule has 4 heteroatoms. The van der Waals surface area contributed by atoms with Gasteiger partial charge in [-0.05, 0) is 34.1 Å². The van der Waals surface area contributed by atoms with E-state index in [4.69, 9.17) is 5.26 Å². The van der Waals surface area contributed by atoms with Gasteiger partial charge in [-0.25, -0.2) is 0 Å². The minimum atomic E-state index is -0.512. The van der Waals surface area contributed by atoms with Gasteiger partial charge in [0.2, 0.25) is 5.91 Å². The summed E-state index contributed by atoms with van der Waals surface area (Å²) >= 11 is 0. The zero-order chi connectivity index (χ0) is 13.4. The molecule has 17 heavy (non-hydrogen) atoms. The maximum atomic E-state index is 11.6. The number of amides is 1. The van der Waals surface area contributed by atoms with Gasteiger partial charge in [0, 0.05) is 25.2 Å². The molecule has 1 amide bonds. The molecular formula is C13H25N3O. The maximum absolute atomic E-state index is 11.6. The number of nitrogens with zero attached hydrogens (tertiary/aromatic N) is 2. The first kappa shape index (κ1) is 15.9. The Morgan fingerprint density at radius 1 is 1.29 bits per heavy atom. The Labute approximate surface area is 105 Å². The summed E-state index contributed by atoms with van der Waals surface area (Å²) in [6.07, 6.45) is 0.570. The van der Waals surface area contributed by atoms with E-state index in [2.05, 4.69) is 37.9 Å². The number of nitriles is 1. The molecule has 1 atom stereocenters. The molecule has 0 saturated carbocycles. The minimum Gasteiger partial charge on any atom is -0.354 e. The molecule has 1 N–H and O–H groups in total. The van der Waals surface area contributed by atoms with Gasteiger partial charge in [-0.15, -0.1) is 0 Å². The molecule has 0 rings (SSSR count). The van der Waals surface area contributed by atoms with E-state index in [1.54, 1.807) is 0 Å². The highest BCUT2D eigenvalue weighted by Gasteiger charge is 2.16. The zero-order valence-electron chi connectivity index (χ0n) is 11.7. The molecule has 0 radical (unpaired) electrons. The normalized spacial score (nSPS) is 12.9. The minimum absolute atomic E-state index is 0.150. The Hall–Kier alpha value is -1.08. The Kier molecular flexibility index (Phi) is 7.56. The maximum Gasteiger partial charge on any atom is 0.237 e. The van der Waals surface area contributed by atoms with Crippen LogP contribution in [0.3, 0.4) is 0 Å². The van der Waals surface area contributed by atoms with Crippen LogP contribution in [0, 0.1) is 17.2 Å². The van der Waals surface area contributed by atoms with Gasteiger partial charge in [-0.1, -0.05) is 6.92 Å². The summed E-state index contributed by atoms with van der Waals surface area (Å²) in [5.74, 6) is -0.663. The van der Waals surface area contributed by atoms with Crippen LogP contribution in [-0.4, -0.2) is 36.0 Å². The lowest BCUT2D eigenvalue weighted by Gasteiger charge is -2.30. The second-order valence-corrected chi connectivity index (χ2v) is 4.81. The van der Waals surface area contributed by atoms with Crippen molar-refractivity contribution < 1.29 is 4.79 Å². The lowest BCUT2D eigenvalue weighted by atomic mass is 10.1. The highest BCUT2D eigenvalue weighted by atomic mass is 16.1. The predicted molar refractivity (Wildman–Crippen MR) is 69.4 cm³/mol. The van der Waals surface area contributed by atoms with Crippen LogP contribution in [-0.2, 0) is 4.79 Å². The molecule has 98 valence electrons. The number of carbonyl (C=O) groups is 1. The van der Waals surface area contributed by atoms with Crippen molar-refractivity contribution in [3.8, 4) is 6.07 Å². The average molecular weight is 239 g/mol. The van der Waals surface area contributed by atoms with Gasteiger partial charge in [-0.2, -0.15) is 5.26 Å². The zero-order valence-corrected chi connectivity index (χ0v) is 11.7. The summed E-state index contributed by atoms with van der Waals surface area (Å²) in [4.78, 5) is 13.9. The molecule has 0 aliphatic heterocycles. The van der Waals surface area contributed by atoms with E-state index in [9.17, 15) is 4.79 Å². The third-order valence-corrected chi connectivity index (χ3v) is 2.88. The summed E-state index contributed by atoms with van der Waals surface area (Å²) in [6.45, 7) is 11.9. The molecule has 1 unspecified atom stereocenters. The van der Waals surface area contributed by atoms with Crippen LogP contribution in [0.5, 0.6) is 0 Å². The Morgan fingerprint density at radius 3 is 2.18 bits per heavy atom. The van der Waals surface area contributed by atoms with Crippen molar-refractivity contribution in [1.29, 1.82) is 5.26 Å². The van der Waals surface area contributed by atoms with Gasteiger partial charge in [0.1, 0.15) is 5.92 Å². The highest BCUT2D eigenvalue weighted by Crippen LogP contribution is 2.04. The Balaban J connectivity index is 4.05. The Morgan fingerprint density at radius 2 is 1.82 bits per heavy atom. The van der Waals surface area contributed by atoms with Gasteiger partial charge >= 0.3 is 0 Å². The summed E-state index contributed by atoms with van der Waals surface area (Å²) < 4.78 is 0. The molecule has 0 aromatic carbocycles. The lowest BCUT2D eigenvalue weighted by molar-refractivity contribution is -0.123. The van der Waals surface area contributed by atoms with Crippen molar-refractivity contribution in [2.75, 3.05) is 13.1 Å². The summed E-state index contributed by atoms with van der Waals surface area (Å²) in [6, 6.07) is 2.94. The van der Waals surface area contributed by atoms with E-state index >= 15 is 0 Å². The molecule has 4 nitrogen and oxygen atoms in total. The van der Waals surface area contributed by atoms with Gasteiger partial charge < -0.3 is 5.32 Å². The lowest BCUT2D eigenvalue weighted by Crippen LogP contribution is -2.43. The van der Waals surface area contributed by atoms with Crippen LogP contribution in [0.15, 0.2) is 0 Å². The van der Waals surface area contributed by atoms with Crippen molar-refractivity contribution in [2.24, 2.45) is 5.92 Å². The molecule has 0 aliphatic carbocycles. The molecule has 0 aliphatic rings. The van der Waals surface area contributed by atoms with Crippen molar-refractivity contribution in [1.82, 2.24) is 10.2 Å². The van der Waals surface area contributed by atoms with Gasteiger partial charge in [0.15, 0.2) is 0 Å².